The molecule has 0 amide bonds. The van der Waals surface area contributed by atoms with Crippen molar-refractivity contribution in [1.29, 1.82) is 0 Å². The largest absolute Gasteiger partial charge is 0.493 e. The van der Waals surface area contributed by atoms with Gasteiger partial charge < -0.3 is 19.5 Å². The minimum Gasteiger partial charge on any atom is -0.493 e. The van der Waals surface area contributed by atoms with Crippen molar-refractivity contribution < 1.29 is 14.2 Å². The average Bonchev–Trinajstić information content (AvgIpc) is 2.93. The van der Waals surface area contributed by atoms with Gasteiger partial charge in [0.1, 0.15) is 0 Å². The highest BCUT2D eigenvalue weighted by Crippen LogP contribution is 2.44. The summed E-state index contributed by atoms with van der Waals surface area (Å²) >= 11 is 7.76. The molecule has 154 valence electrons. The number of fused-ring (bicyclic) bond motifs is 3. The Morgan fingerprint density at radius 1 is 1.23 bits per heavy atom. The van der Waals surface area contributed by atoms with Crippen LogP contribution in [-0.2, 0) is 0 Å². The van der Waals surface area contributed by atoms with E-state index in [1.165, 1.54) is 11.8 Å². The highest BCUT2D eigenvalue weighted by atomic mass is 35.5. The van der Waals surface area contributed by atoms with Crippen LogP contribution in [0.2, 0.25) is 5.02 Å². The summed E-state index contributed by atoms with van der Waals surface area (Å²) in [6, 6.07) is 11.2. The number of halogens is 1. The van der Waals surface area contributed by atoms with Crippen LogP contribution in [0.4, 0.5) is 5.69 Å². The van der Waals surface area contributed by atoms with Crippen LogP contribution in [0.3, 0.4) is 0 Å². The zero-order chi connectivity index (χ0) is 21.1. The molecular formula is C21H19ClN4O3S. The first-order chi connectivity index (χ1) is 14.6. The van der Waals surface area contributed by atoms with E-state index in [-0.39, 0.29) is 0 Å². The summed E-state index contributed by atoms with van der Waals surface area (Å²) in [5, 5.41) is 13.0. The fourth-order valence-electron chi connectivity index (χ4n) is 3.14. The lowest BCUT2D eigenvalue weighted by Gasteiger charge is -2.22. The SMILES string of the molecule is C=CCSc1nnc2c(n1)O[C@@H](c1cc(Cl)cc(OC)c1OC)Nc1ccccc1-2. The number of thioether (sulfide) groups is 1. The number of anilines is 1. The van der Waals surface area contributed by atoms with E-state index < -0.39 is 6.23 Å². The minimum atomic E-state index is -0.649. The van der Waals surface area contributed by atoms with Gasteiger partial charge in [-0.05, 0) is 12.1 Å². The number of benzene rings is 2. The quantitative estimate of drug-likeness (QED) is 0.422. The molecule has 0 aliphatic carbocycles. The van der Waals surface area contributed by atoms with Gasteiger partial charge in [0.15, 0.2) is 17.2 Å². The maximum Gasteiger partial charge on any atom is 0.247 e. The summed E-state index contributed by atoms with van der Waals surface area (Å²) in [5.41, 5.74) is 2.88. The minimum absolute atomic E-state index is 0.361. The lowest BCUT2D eigenvalue weighted by atomic mass is 10.1. The summed E-state index contributed by atoms with van der Waals surface area (Å²) in [7, 11) is 3.13. The Bertz CT molecular complexity index is 1100. The molecule has 2 heterocycles. The number of nitrogens with zero attached hydrogens (tertiary/aromatic N) is 3. The molecule has 0 spiro atoms. The van der Waals surface area contributed by atoms with Crippen LogP contribution in [0.15, 0.2) is 54.2 Å². The lowest BCUT2D eigenvalue weighted by Crippen LogP contribution is -2.18. The molecule has 0 saturated carbocycles. The van der Waals surface area contributed by atoms with E-state index in [0.717, 1.165) is 11.3 Å². The smallest absolute Gasteiger partial charge is 0.247 e. The van der Waals surface area contributed by atoms with Crippen LogP contribution in [0.5, 0.6) is 17.4 Å². The van der Waals surface area contributed by atoms with E-state index in [9.17, 15) is 0 Å². The maximum absolute atomic E-state index is 6.33. The first-order valence-electron chi connectivity index (χ1n) is 9.07. The molecule has 9 heteroatoms. The molecule has 30 heavy (non-hydrogen) atoms. The van der Waals surface area contributed by atoms with Gasteiger partial charge in [-0.15, -0.1) is 16.8 Å². The zero-order valence-corrected chi connectivity index (χ0v) is 18.0. The number of aromatic nitrogens is 3. The molecule has 1 aliphatic rings. The molecule has 0 bridgehead atoms. The Morgan fingerprint density at radius 3 is 2.83 bits per heavy atom. The van der Waals surface area contributed by atoms with Gasteiger partial charge >= 0.3 is 0 Å². The third-order valence-electron chi connectivity index (χ3n) is 4.42. The van der Waals surface area contributed by atoms with Crippen molar-refractivity contribution in [3.63, 3.8) is 0 Å². The second-order valence-corrected chi connectivity index (χ2v) is 7.69. The first kappa shape index (κ1) is 20.3. The maximum atomic E-state index is 6.33. The number of rotatable bonds is 6. The summed E-state index contributed by atoms with van der Waals surface area (Å²) in [6.45, 7) is 3.73. The number of hydrogen-bond acceptors (Lipinski definition) is 8. The molecular weight excluding hydrogens is 424 g/mol. The van der Waals surface area contributed by atoms with Gasteiger partial charge in [-0.1, -0.05) is 47.6 Å². The second-order valence-electron chi connectivity index (χ2n) is 6.27. The lowest BCUT2D eigenvalue weighted by molar-refractivity contribution is 0.218. The molecule has 0 fully saturated rings. The highest BCUT2D eigenvalue weighted by molar-refractivity contribution is 7.99. The van der Waals surface area contributed by atoms with Crippen LogP contribution in [-0.4, -0.2) is 35.2 Å². The molecule has 1 aromatic heterocycles. The summed E-state index contributed by atoms with van der Waals surface area (Å²) in [4.78, 5) is 4.58. The van der Waals surface area contributed by atoms with E-state index in [2.05, 4.69) is 27.1 Å². The van der Waals surface area contributed by atoms with Crippen molar-refractivity contribution in [3.8, 4) is 28.6 Å². The van der Waals surface area contributed by atoms with Crippen molar-refractivity contribution in [2.24, 2.45) is 0 Å². The standard InChI is InChI=1S/C21H19ClN4O3S/c1-4-9-30-21-24-20-17(25-26-21)13-7-5-6-8-15(13)23-19(29-20)14-10-12(22)11-16(27-2)18(14)28-3/h4-8,10-11,19,23H,1,9H2,2-3H3/t19-/m0/s1. The molecule has 7 nitrogen and oxygen atoms in total. The van der Waals surface area contributed by atoms with Gasteiger partial charge in [-0.25, -0.2) is 0 Å². The van der Waals surface area contributed by atoms with Gasteiger partial charge in [0.25, 0.3) is 0 Å². The number of para-hydroxylation sites is 1. The van der Waals surface area contributed by atoms with Gasteiger partial charge in [0, 0.05) is 28.1 Å². The van der Waals surface area contributed by atoms with Crippen molar-refractivity contribution >= 4 is 29.1 Å². The fourth-order valence-corrected chi connectivity index (χ4v) is 3.87. The summed E-state index contributed by atoms with van der Waals surface area (Å²) < 4.78 is 17.3. The molecule has 2 aromatic carbocycles. The molecule has 0 radical (unpaired) electrons. The topological polar surface area (TPSA) is 78.4 Å². The molecule has 0 unspecified atom stereocenters. The van der Waals surface area contributed by atoms with Crippen LogP contribution in [0.25, 0.3) is 11.3 Å². The van der Waals surface area contributed by atoms with Crippen LogP contribution >= 0.6 is 23.4 Å². The normalized spacial score (nSPS) is 14.4. The Kier molecular flexibility index (Phi) is 5.96. The molecule has 3 aromatic rings. The van der Waals surface area contributed by atoms with E-state index in [1.807, 2.05) is 24.3 Å². The average molecular weight is 443 g/mol. The highest BCUT2D eigenvalue weighted by Gasteiger charge is 2.29. The third kappa shape index (κ3) is 3.88. The Hall–Kier alpha value is -2.97. The molecule has 4 rings (SSSR count). The van der Waals surface area contributed by atoms with E-state index >= 15 is 0 Å². The number of nitrogens with one attached hydrogen (secondary N) is 1. The van der Waals surface area contributed by atoms with Gasteiger partial charge in [0.2, 0.25) is 17.3 Å². The number of ether oxygens (including phenoxy) is 3. The Labute approximate surface area is 183 Å². The van der Waals surface area contributed by atoms with Crippen LogP contribution in [0.1, 0.15) is 11.8 Å². The van der Waals surface area contributed by atoms with Gasteiger partial charge in [-0.2, -0.15) is 4.98 Å². The fraction of sp³-hybridized carbons (Fsp3) is 0.190. The van der Waals surface area contributed by atoms with Crippen LogP contribution < -0.4 is 19.5 Å². The third-order valence-corrected chi connectivity index (χ3v) is 5.47. The Morgan fingerprint density at radius 2 is 2.07 bits per heavy atom. The van der Waals surface area contributed by atoms with Gasteiger partial charge in [-0.3, -0.25) is 0 Å². The van der Waals surface area contributed by atoms with Gasteiger partial charge in [0.05, 0.1) is 19.8 Å². The van der Waals surface area contributed by atoms with Crippen molar-refractivity contribution in [2.75, 3.05) is 25.3 Å². The molecule has 1 N–H and O–H groups in total. The predicted molar refractivity (Wildman–Crippen MR) is 118 cm³/mol. The van der Waals surface area contributed by atoms with E-state index in [1.54, 1.807) is 32.4 Å². The summed E-state index contributed by atoms with van der Waals surface area (Å²) in [6.07, 6.45) is 1.13. The first-order valence-corrected chi connectivity index (χ1v) is 10.4. The zero-order valence-electron chi connectivity index (χ0n) is 16.4. The van der Waals surface area contributed by atoms with Crippen molar-refractivity contribution in [1.82, 2.24) is 15.2 Å². The molecule has 1 atom stereocenters. The molecule has 1 aliphatic heterocycles. The van der Waals surface area contributed by atoms with Crippen molar-refractivity contribution in [3.05, 3.63) is 59.6 Å². The molecule has 0 saturated heterocycles. The predicted octanol–water partition coefficient (Wildman–Crippen LogP) is 4.99. The summed E-state index contributed by atoms with van der Waals surface area (Å²) in [5.74, 6) is 2.05. The number of methoxy groups -OCH3 is 2. The second kappa shape index (κ2) is 8.81. The monoisotopic (exact) mass is 442 g/mol. The van der Waals surface area contributed by atoms with Crippen LogP contribution in [0, 0.1) is 0 Å². The Balaban J connectivity index is 1.86. The number of hydrogen-bond donors (Lipinski definition) is 1. The van der Waals surface area contributed by atoms with E-state index in [4.69, 9.17) is 25.8 Å². The van der Waals surface area contributed by atoms with E-state index in [0.29, 0.717) is 44.6 Å². The van der Waals surface area contributed by atoms with Crippen molar-refractivity contribution in [2.45, 2.75) is 11.4 Å².